The van der Waals surface area contributed by atoms with E-state index in [4.69, 9.17) is 11.6 Å². The molecule has 0 aliphatic carbocycles. The zero-order valence-electron chi connectivity index (χ0n) is 12.9. The first-order chi connectivity index (χ1) is 11.2. The monoisotopic (exact) mass is 362 g/mol. The van der Waals surface area contributed by atoms with E-state index in [1.165, 1.54) is 6.07 Å². The Morgan fingerprint density at radius 1 is 1.21 bits per heavy atom. The summed E-state index contributed by atoms with van der Waals surface area (Å²) in [4.78, 5) is 7.50. The summed E-state index contributed by atoms with van der Waals surface area (Å²) in [6.45, 7) is 3.68. The van der Waals surface area contributed by atoms with Crippen molar-refractivity contribution in [1.29, 1.82) is 0 Å². The van der Waals surface area contributed by atoms with Gasteiger partial charge in [0.1, 0.15) is 11.6 Å². The molecule has 2 aromatic rings. The van der Waals surface area contributed by atoms with Crippen molar-refractivity contribution in [3.8, 4) is 0 Å². The number of rotatable bonds is 5. The third-order valence-corrected chi connectivity index (χ3v) is 3.51. The van der Waals surface area contributed by atoms with Gasteiger partial charge in [-0.05, 0) is 31.5 Å². The molecule has 0 saturated carbocycles. The highest BCUT2D eigenvalue weighted by Crippen LogP contribution is 2.32. The van der Waals surface area contributed by atoms with E-state index in [0.29, 0.717) is 6.42 Å². The van der Waals surface area contributed by atoms with E-state index in [1.807, 2.05) is 6.92 Å². The molecule has 2 rings (SSSR count). The van der Waals surface area contributed by atoms with Crippen LogP contribution in [0.2, 0.25) is 5.02 Å². The van der Waals surface area contributed by atoms with Crippen molar-refractivity contribution in [2.75, 3.05) is 10.6 Å². The molecule has 4 nitrogen and oxygen atoms in total. The molecule has 1 aromatic heterocycles. The van der Waals surface area contributed by atoms with Crippen molar-refractivity contribution in [3.63, 3.8) is 0 Å². The van der Waals surface area contributed by atoms with Crippen LogP contribution in [0.4, 0.5) is 35.0 Å². The number of anilines is 3. The summed E-state index contributed by atoms with van der Waals surface area (Å²) >= 11 is 5.87. The fourth-order valence-corrected chi connectivity index (χ4v) is 1.99. The smallest absolute Gasteiger partial charge is 0.352 e. The van der Waals surface area contributed by atoms with Gasteiger partial charge in [0.2, 0.25) is 5.95 Å². The Balaban J connectivity index is 2.38. The van der Waals surface area contributed by atoms with Gasteiger partial charge in [0.05, 0.1) is 10.7 Å². The normalized spacial score (nSPS) is 12.8. The second-order valence-corrected chi connectivity index (χ2v) is 5.57. The van der Waals surface area contributed by atoms with Crippen molar-refractivity contribution >= 4 is 29.1 Å². The quantitative estimate of drug-likeness (QED) is 0.714. The number of hydrogen-bond donors (Lipinski definition) is 2. The minimum Gasteiger partial charge on any atom is -0.352 e. The van der Waals surface area contributed by atoms with Gasteiger partial charge >= 0.3 is 6.18 Å². The number of alkyl halides is 3. The van der Waals surface area contributed by atoms with Gasteiger partial charge in [-0.25, -0.2) is 9.37 Å². The van der Waals surface area contributed by atoms with E-state index in [1.54, 1.807) is 6.92 Å². The molecule has 0 aliphatic heterocycles. The van der Waals surface area contributed by atoms with Gasteiger partial charge < -0.3 is 10.6 Å². The molecule has 0 aliphatic rings. The van der Waals surface area contributed by atoms with Gasteiger partial charge in [0.15, 0.2) is 5.69 Å². The highest BCUT2D eigenvalue weighted by molar-refractivity contribution is 6.33. The maximum Gasteiger partial charge on any atom is 0.433 e. The third-order valence-electron chi connectivity index (χ3n) is 3.20. The average molecular weight is 363 g/mol. The number of aromatic nitrogens is 2. The Morgan fingerprint density at radius 3 is 2.50 bits per heavy atom. The van der Waals surface area contributed by atoms with E-state index >= 15 is 0 Å². The van der Waals surface area contributed by atoms with E-state index in [-0.39, 0.29) is 28.5 Å². The third kappa shape index (κ3) is 4.70. The first-order valence-corrected chi connectivity index (χ1v) is 7.51. The second-order valence-electron chi connectivity index (χ2n) is 5.16. The van der Waals surface area contributed by atoms with Crippen molar-refractivity contribution in [2.24, 2.45) is 0 Å². The first kappa shape index (κ1) is 18.3. The number of hydrogen-bond acceptors (Lipinski definition) is 4. The van der Waals surface area contributed by atoms with E-state index < -0.39 is 17.7 Å². The van der Waals surface area contributed by atoms with Crippen LogP contribution in [0.5, 0.6) is 0 Å². The van der Waals surface area contributed by atoms with Gasteiger partial charge in [0, 0.05) is 12.1 Å². The molecular weight excluding hydrogens is 348 g/mol. The predicted molar refractivity (Wildman–Crippen MR) is 85.1 cm³/mol. The minimum atomic E-state index is -4.63. The van der Waals surface area contributed by atoms with Crippen molar-refractivity contribution in [1.82, 2.24) is 9.97 Å². The van der Waals surface area contributed by atoms with Crippen LogP contribution in [0.15, 0.2) is 24.3 Å². The molecule has 1 atom stereocenters. The van der Waals surface area contributed by atoms with E-state index in [9.17, 15) is 17.6 Å². The Labute approximate surface area is 141 Å². The highest BCUT2D eigenvalue weighted by atomic mass is 35.5. The van der Waals surface area contributed by atoms with Crippen molar-refractivity contribution in [3.05, 3.63) is 40.8 Å². The summed E-state index contributed by atoms with van der Waals surface area (Å²) in [5.74, 6) is -0.806. The molecule has 9 heteroatoms. The van der Waals surface area contributed by atoms with Gasteiger partial charge in [-0.1, -0.05) is 18.5 Å². The van der Waals surface area contributed by atoms with Crippen LogP contribution in [-0.4, -0.2) is 16.0 Å². The Bertz CT molecular complexity index is 721. The fraction of sp³-hybridized carbons (Fsp3) is 0.333. The zero-order valence-corrected chi connectivity index (χ0v) is 13.6. The summed E-state index contributed by atoms with van der Waals surface area (Å²) in [6, 6.07) is 4.17. The number of nitrogens with one attached hydrogen (secondary N) is 2. The SMILES string of the molecule is CC[C@@H](C)Nc1nc(Nc2ccc(F)cc2Cl)cc(C(F)(F)F)n1. The largest absolute Gasteiger partial charge is 0.433 e. The molecule has 0 spiro atoms. The molecule has 2 N–H and O–H groups in total. The molecule has 0 saturated heterocycles. The highest BCUT2D eigenvalue weighted by Gasteiger charge is 2.34. The van der Waals surface area contributed by atoms with Crippen molar-refractivity contribution in [2.45, 2.75) is 32.5 Å². The number of benzene rings is 1. The van der Waals surface area contributed by atoms with Crippen LogP contribution in [0.25, 0.3) is 0 Å². The van der Waals surface area contributed by atoms with E-state index in [2.05, 4.69) is 20.6 Å². The summed E-state index contributed by atoms with van der Waals surface area (Å²) in [5, 5.41) is 5.48. The van der Waals surface area contributed by atoms with Crippen LogP contribution in [0.1, 0.15) is 26.0 Å². The molecule has 0 fully saturated rings. The standard InChI is InChI=1S/C15H15ClF4N4/c1-3-8(2)21-14-23-12(15(18,19)20)7-13(24-14)22-11-5-4-9(17)6-10(11)16/h4-8H,3H2,1-2H3,(H2,21,22,23,24)/t8-/m1/s1. The molecule has 130 valence electrons. The molecule has 1 heterocycles. The fourth-order valence-electron chi connectivity index (χ4n) is 1.77. The zero-order chi connectivity index (χ0) is 17.9. The van der Waals surface area contributed by atoms with E-state index in [0.717, 1.165) is 18.2 Å². The molecule has 1 aromatic carbocycles. The lowest BCUT2D eigenvalue weighted by atomic mass is 10.3. The van der Waals surface area contributed by atoms with Crippen molar-refractivity contribution < 1.29 is 17.6 Å². The summed E-state index contributed by atoms with van der Waals surface area (Å²) in [7, 11) is 0. The summed E-state index contributed by atoms with van der Waals surface area (Å²) in [6.07, 6.45) is -3.94. The molecule has 0 amide bonds. The minimum absolute atomic E-state index is 0.0265. The first-order valence-electron chi connectivity index (χ1n) is 7.14. The lowest BCUT2D eigenvalue weighted by Gasteiger charge is -2.15. The summed E-state index contributed by atoms with van der Waals surface area (Å²) < 4.78 is 52.1. The van der Waals surface area contributed by atoms with Crippen LogP contribution >= 0.6 is 11.6 Å². The van der Waals surface area contributed by atoms with Gasteiger partial charge in [0.25, 0.3) is 0 Å². The van der Waals surface area contributed by atoms with Crippen LogP contribution in [0, 0.1) is 5.82 Å². The van der Waals surface area contributed by atoms with Crippen LogP contribution < -0.4 is 10.6 Å². The Kier molecular flexibility index (Phi) is 5.48. The van der Waals surface area contributed by atoms with Crippen LogP contribution in [-0.2, 0) is 6.18 Å². The maximum atomic E-state index is 13.1. The lowest BCUT2D eigenvalue weighted by molar-refractivity contribution is -0.141. The molecule has 24 heavy (non-hydrogen) atoms. The predicted octanol–water partition coefficient (Wildman–Crippen LogP) is 5.24. The lowest BCUT2D eigenvalue weighted by Crippen LogP contribution is -2.18. The van der Waals surface area contributed by atoms with Gasteiger partial charge in [-0.3, -0.25) is 0 Å². The molecule has 0 radical (unpaired) electrons. The average Bonchev–Trinajstić information content (AvgIpc) is 2.49. The van der Waals surface area contributed by atoms with Crippen LogP contribution in [0.3, 0.4) is 0 Å². The molecule has 0 bridgehead atoms. The Hall–Kier alpha value is -2.09. The summed E-state index contributed by atoms with van der Waals surface area (Å²) in [5.41, 5.74) is -0.858. The maximum absolute atomic E-state index is 13.1. The number of nitrogens with zero attached hydrogens (tertiary/aromatic N) is 2. The molecule has 0 unspecified atom stereocenters. The van der Waals surface area contributed by atoms with Gasteiger partial charge in [-0.2, -0.15) is 18.2 Å². The topological polar surface area (TPSA) is 49.8 Å². The molecular formula is C15H15ClF4N4. The number of halogens is 5. The van der Waals surface area contributed by atoms with Gasteiger partial charge in [-0.15, -0.1) is 0 Å². The second kappa shape index (κ2) is 7.21. The Morgan fingerprint density at radius 2 is 1.92 bits per heavy atom.